The molecule has 3 aromatic heterocycles. The number of nitrogens with one attached hydrogen (secondary N) is 2. The molecule has 0 spiro atoms. The van der Waals surface area contributed by atoms with Gasteiger partial charge in [-0.1, -0.05) is 62.3 Å². The van der Waals surface area contributed by atoms with Crippen molar-refractivity contribution in [2.75, 3.05) is 0 Å². The van der Waals surface area contributed by atoms with Gasteiger partial charge in [-0.05, 0) is 121 Å². The number of carbonyl (C=O) groups excluding carboxylic acids is 2. The molecule has 1 fully saturated rings. The second kappa shape index (κ2) is 17.1. The first-order chi connectivity index (χ1) is 27.1. The van der Waals surface area contributed by atoms with Gasteiger partial charge in [0.2, 0.25) is 0 Å². The van der Waals surface area contributed by atoms with Crippen LogP contribution in [0.2, 0.25) is 0 Å². The van der Waals surface area contributed by atoms with Crippen molar-refractivity contribution in [1.82, 2.24) is 19.9 Å². The Balaban J connectivity index is 1.85. The number of Topliss-reactive ketones (excluding diaryl/α,β-unsaturated/α-hetero) is 2. The average molecular weight is 762 g/mol. The van der Waals surface area contributed by atoms with Crippen molar-refractivity contribution in [1.29, 1.82) is 0 Å². The van der Waals surface area contributed by atoms with Crippen LogP contribution in [0.5, 0.6) is 5.75 Å². The molecule has 298 valence electrons. The summed E-state index contributed by atoms with van der Waals surface area (Å²) < 4.78 is 7.16. The minimum Gasteiger partial charge on any atom is -0.474 e. The van der Waals surface area contributed by atoms with Crippen molar-refractivity contribution in [3.8, 4) is 5.75 Å². The molecule has 1 aliphatic carbocycles. The summed E-state index contributed by atoms with van der Waals surface area (Å²) in [5.74, 6) is 0.0967. The summed E-state index contributed by atoms with van der Waals surface area (Å²) >= 11 is 0. The van der Waals surface area contributed by atoms with E-state index in [1.807, 2.05) is 6.92 Å². The predicted octanol–water partition coefficient (Wildman–Crippen LogP) is 11.3. The van der Waals surface area contributed by atoms with Crippen LogP contribution in [0, 0.1) is 4.91 Å². The van der Waals surface area contributed by atoms with E-state index in [9.17, 15) is 14.5 Å². The molecule has 10 nitrogen and oxygen atoms in total. The molecule has 0 saturated heterocycles. The summed E-state index contributed by atoms with van der Waals surface area (Å²) in [6.45, 7) is 19.2. The molecule has 2 aliphatic heterocycles. The Morgan fingerprint density at radius 3 is 1.64 bits per heavy atom. The molecular weight excluding hydrogens is 703 g/mol. The van der Waals surface area contributed by atoms with Crippen molar-refractivity contribution in [2.24, 2.45) is 5.34 Å². The molecule has 6 rings (SSSR count). The molecule has 1 saturated carbocycles. The van der Waals surface area contributed by atoms with Crippen molar-refractivity contribution < 1.29 is 19.2 Å². The highest BCUT2D eigenvalue weighted by Gasteiger charge is 2.49. The van der Waals surface area contributed by atoms with Gasteiger partial charge >= 0.3 is 0 Å². The van der Waals surface area contributed by atoms with Crippen LogP contribution in [0.4, 0.5) is 0 Å². The number of hydrogen-bond acceptors (Lipinski definition) is 8. The third-order valence-electron chi connectivity index (χ3n) is 12.4. The lowest BCUT2D eigenvalue weighted by molar-refractivity contribution is -0.158. The Morgan fingerprint density at radius 1 is 0.643 bits per heavy atom. The first-order valence-corrected chi connectivity index (χ1v) is 21.1. The van der Waals surface area contributed by atoms with E-state index in [0.29, 0.717) is 24.3 Å². The highest BCUT2D eigenvalue weighted by molar-refractivity contribution is 5.98. The number of allylic oxidation sites excluding steroid dienone is 4. The zero-order valence-corrected chi connectivity index (χ0v) is 34.9. The van der Waals surface area contributed by atoms with Gasteiger partial charge in [0.05, 0.1) is 22.6 Å². The average Bonchev–Trinajstić information content (AvgIpc) is 3.94. The Labute approximate surface area is 330 Å². The Kier molecular flexibility index (Phi) is 12.5. The zero-order valence-electron chi connectivity index (χ0n) is 34.9. The number of aromatic nitrogens is 4. The summed E-state index contributed by atoms with van der Waals surface area (Å²) in [6.07, 6.45) is 5.70. The third-order valence-corrected chi connectivity index (χ3v) is 12.4. The van der Waals surface area contributed by atoms with Gasteiger partial charge < -0.3 is 19.5 Å². The fraction of sp³-hybridized carbons (Fsp3) is 0.522. The maximum Gasteiger partial charge on any atom is 0.199 e. The van der Waals surface area contributed by atoms with E-state index in [0.717, 1.165) is 99.9 Å². The molecule has 56 heavy (non-hydrogen) atoms. The van der Waals surface area contributed by atoms with Gasteiger partial charge in [-0.3, -0.25) is 9.59 Å². The number of fused-ring (bicyclic) bond motifs is 8. The number of ether oxygens (including phenoxy) is 1. The van der Waals surface area contributed by atoms with Gasteiger partial charge in [0.1, 0.15) is 11.5 Å². The van der Waals surface area contributed by atoms with Crippen LogP contribution in [0.1, 0.15) is 165 Å². The quantitative estimate of drug-likeness (QED) is 0.130. The van der Waals surface area contributed by atoms with Crippen LogP contribution in [0.25, 0.3) is 44.4 Å². The Morgan fingerprint density at radius 2 is 1.14 bits per heavy atom. The van der Waals surface area contributed by atoms with Gasteiger partial charge in [-0.2, -0.15) is 0 Å². The molecule has 10 heteroatoms. The maximum atomic E-state index is 14.3. The summed E-state index contributed by atoms with van der Waals surface area (Å²) in [4.78, 5) is 62.9. The minimum atomic E-state index is -1.44. The Bertz CT molecular complexity index is 2270. The molecule has 3 aliphatic rings. The van der Waals surface area contributed by atoms with Crippen molar-refractivity contribution in [3.63, 3.8) is 0 Å². The van der Waals surface area contributed by atoms with Gasteiger partial charge in [-0.25, -0.2) is 9.97 Å². The van der Waals surface area contributed by atoms with Gasteiger partial charge in [0.15, 0.2) is 28.6 Å². The van der Waals surface area contributed by atoms with E-state index in [2.05, 4.69) is 88.9 Å². The number of aromatic amines is 2. The largest absolute Gasteiger partial charge is 0.474 e. The van der Waals surface area contributed by atoms with Gasteiger partial charge in [0, 0.05) is 42.2 Å². The molecule has 2 unspecified atom stereocenters. The van der Waals surface area contributed by atoms with Gasteiger partial charge in [-0.15, -0.1) is 4.91 Å². The van der Waals surface area contributed by atoms with Crippen LogP contribution >= 0.6 is 0 Å². The number of aryl methyl sites for hydroxylation is 4. The van der Waals surface area contributed by atoms with E-state index in [4.69, 9.17) is 19.5 Å². The van der Waals surface area contributed by atoms with Crippen LogP contribution in [-0.4, -0.2) is 43.2 Å². The van der Waals surface area contributed by atoms with Crippen LogP contribution < -0.4 is 4.74 Å². The lowest BCUT2D eigenvalue weighted by atomic mass is 9.81. The molecule has 2 N–H and O–H groups in total. The second-order valence-corrected chi connectivity index (χ2v) is 15.1. The fourth-order valence-electron chi connectivity index (χ4n) is 9.45. The topological polar surface area (TPSA) is 139 Å². The van der Waals surface area contributed by atoms with Crippen LogP contribution in [-0.2, 0) is 40.1 Å². The molecule has 2 atom stereocenters. The van der Waals surface area contributed by atoms with E-state index >= 15 is 0 Å². The second-order valence-electron chi connectivity index (χ2n) is 15.1. The molecule has 8 bridgehead atoms. The third kappa shape index (κ3) is 7.05. The van der Waals surface area contributed by atoms with Crippen molar-refractivity contribution in [3.05, 3.63) is 68.1 Å². The molecular formula is C46H59N5O5. The SMILES string of the molecule is CCC1=C(CC)c2cc3[nH]c(c(CC)c3CC)c(OC3C(=O)CCC(=O)CCC3(CC)ON=O)c3nc(cc4[nH]c(cc1n2)c(CC)c4CC)C(CC)=C3CC. The molecule has 0 amide bonds. The summed E-state index contributed by atoms with van der Waals surface area (Å²) in [7, 11) is 0. The van der Waals surface area contributed by atoms with Gasteiger partial charge in [0.25, 0.3) is 0 Å². The minimum absolute atomic E-state index is 0.0179. The lowest BCUT2D eigenvalue weighted by Gasteiger charge is -2.37. The zero-order chi connectivity index (χ0) is 40.3. The number of ketones is 2. The van der Waals surface area contributed by atoms with E-state index < -0.39 is 11.7 Å². The predicted molar refractivity (Wildman–Crippen MR) is 226 cm³/mol. The van der Waals surface area contributed by atoms with E-state index in [1.165, 1.54) is 22.3 Å². The highest BCUT2D eigenvalue weighted by Crippen LogP contribution is 2.45. The molecule has 5 heterocycles. The van der Waals surface area contributed by atoms with Crippen molar-refractivity contribution >= 4 is 55.9 Å². The number of hydrogen-bond donors (Lipinski definition) is 2. The van der Waals surface area contributed by atoms with Crippen LogP contribution in [0.3, 0.4) is 0 Å². The lowest BCUT2D eigenvalue weighted by Crippen LogP contribution is -2.52. The molecule has 3 aromatic rings. The maximum absolute atomic E-state index is 14.3. The number of H-pyrrole nitrogens is 2. The Hall–Kier alpha value is -4.86. The normalized spacial score (nSPS) is 19.1. The monoisotopic (exact) mass is 761 g/mol. The summed E-state index contributed by atoms with van der Waals surface area (Å²) in [5.41, 5.74) is 15.2. The summed E-state index contributed by atoms with van der Waals surface area (Å²) in [6, 6.07) is 6.60. The molecule has 0 aromatic carbocycles. The summed E-state index contributed by atoms with van der Waals surface area (Å²) in [5, 5.41) is 2.87. The first-order valence-electron chi connectivity index (χ1n) is 21.1. The van der Waals surface area contributed by atoms with Crippen molar-refractivity contribution in [2.45, 2.75) is 157 Å². The fourth-order valence-corrected chi connectivity index (χ4v) is 9.45. The molecule has 0 radical (unpaired) electrons. The van der Waals surface area contributed by atoms with Crippen LogP contribution in [0.15, 0.2) is 23.5 Å². The van der Waals surface area contributed by atoms with E-state index in [-0.39, 0.29) is 43.7 Å². The standard InChI is InChI=1S/C46H59N5O5/c1-10-27-29(12-3)37-24-39-31(14-5)33(16-7)42(49-39)44(55-45-41(53)20-19-26(52)21-22-46(45,18-9)56-51-54)43-34(17-8)32(15-6)40(50-43)25-38-30(13-4)28(11-2)36(48-38)23-35(27)47-37/h23-25,45,47,50H,10-22H2,1-9H3. The van der Waals surface area contributed by atoms with E-state index in [1.54, 1.807) is 0 Å². The number of rotatable bonds is 13. The first kappa shape index (κ1) is 40.8. The number of carbonyl (C=O) groups is 2. The smallest absolute Gasteiger partial charge is 0.199 e. The highest BCUT2D eigenvalue weighted by atomic mass is 16.7. The number of nitrogens with zero attached hydrogens (tertiary/aromatic N) is 3.